The number of benzene rings is 2. The fourth-order valence-electron chi connectivity index (χ4n) is 3.24. The summed E-state index contributed by atoms with van der Waals surface area (Å²) in [7, 11) is 1.58. The van der Waals surface area contributed by atoms with Gasteiger partial charge in [-0.1, -0.05) is 18.2 Å². The number of amides is 3. The minimum absolute atomic E-state index is 0.0772. The number of methoxy groups -OCH3 is 1. The van der Waals surface area contributed by atoms with Gasteiger partial charge in [0.05, 0.1) is 13.7 Å². The number of thiophene rings is 1. The van der Waals surface area contributed by atoms with E-state index < -0.39 is 0 Å². The summed E-state index contributed by atoms with van der Waals surface area (Å²) >= 11 is 1.56. The maximum Gasteiger partial charge on any atom is 0.322 e. The van der Waals surface area contributed by atoms with Crippen LogP contribution >= 0.6 is 11.3 Å². The molecule has 0 fully saturated rings. The van der Waals surface area contributed by atoms with Crippen molar-refractivity contribution < 1.29 is 18.7 Å². The molecule has 1 N–H and O–H groups in total. The van der Waals surface area contributed by atoms with E-state index in [1.807, 2.05) is 31.4 Å². The summed E-state index contributed by atoms with van der Waals surface area (Å²) in [4.78, 5) is 30.5. The SMILES string of the molecule is COc1ccc(NC(=O)N(CC(=O)N(Cc2ccc(F)cc2)Cc2cccs2)C(C)C)cc1. The van der Waals surface area contributed by atoms with Gasteiger partial charge in [-0.25, -0.2) is 9.18 Å². The largest absolute Gasteiger partial charge is 0.497 e. The van der Waals surface area contributed by atoms with Gasteiger partial charge in [-0.15, -0.1) is 11.3 Å². The van der Waals surface area contributed by atoms with Crippen LogP contribution in [0.4, 0.5) is 14.9 Å². The summed E-state index contributed by atoms with van der Waals surface area (Å²) < 4.78 is 18.5. The average Bonchev–Trinajstić information content (AvgIpc) is 3.31. The van der Waals surface area contributed by atoms with Crippen LogP contribution in [0.1, 0.15) is 24.3 Å². The predicted octanol–water partition coefficient (Wildman–Crippen LogP) is 5.37. The molecule has 33 heavy (non-hydrogen) atoms. The second kappa shape index (κ2) is 11.5. The van der Waals surface area contributed by atoms with E-state index in [1.165, 1.54) is 17.0 Å². The lowest BCUT2D eigenvalue weighted by Gasteiger charge is -2.30. The fraction of sp³-hybridized carbons (Fsp3) is 0.280. The Morgan fingerprint density at radius 1 is 1.03 bits per heavy atom. The van der Waals surface area contributed by atoms with Gasteiger partial charge in [0.25, 0.3) is 0 Å². The van der Waals surface area contributed by atoms with Crippen molar-refractivity contribution in [2.45, 2.75) is 33.0 Å². The smallest absolute Gasteiger partial charge is 0.322 e. The normalized spacial score (nSPS) is 10.7. The molecule has 0 radical (unpaired) electrons. The van der Waals surface area contributed by atoms with Gasteiger partial charge in [0, 0.05) is 23.2 Å². The molecule has 174 valence electrons. The Morgan fingerprint density at radius 2 is 1.73 bits per heavy atom. The number of carbonyl (C=O) groups excluding carboxylic acids is 2. The molecule has 0 unspecified atom stereocenters. The second-order valence-electron chi connectivity index (χ2n) is 7.84. The van der Waals surface area contributed by atoms with Crippen molar-refractivity contribution in [3.05, 3.63) is 82.3 Å². The topological polar surface area (TPSA) is 61.9 Å². The highest BCUT2D eigenvalue weighted by Crippen LogP contribution is 2.18. The number of hydrogen-bond donors (Lipinski definition) is 1. The molecular formula is C25H28FN3O3S. The van der Waals surface area contributed by atoms with Crippen molar-refractivity contribution in [3.8, 4) is 5.75 Å². The summed E-state index contributed by atoms with van der Waals surface area (Å²) in [6.45, 7) is 4.39. The number of rotatable bonds is 9. The Hall–Kier alpha value is -3.39. The standard InChI is InChI=1S/C25H28FN3O3S/c1-18(2)29(25(31)27-21-10-12-22(32-3)13-11-21)17-24(30)28(16-23-5-4-14-33-23)15-19-6-8-20(26)9-7-19/h4-14,18H,15-17H2,1-3H3,(H,27,31). The van der Waals surface area contributed by atoms with Crippen molar-refractivity contribution in [2.75, 3.05) is 19.0 Å². The van der Waals surface area contributed by atoms with Gasteiger partial charge in [-0.2, -0.15) is 0 Å². The molecule has 1 heterocycles. The van der Waals surface area contributed by atoms with Crippen LogP contribution in [0.5, 0.6) is 5.75 Å². The number of urea groups is 1. The number of nitrogens with zero attached hydrogens (tertiary/aromatic N) is 2. The maximum atomic E-state index is 13.3. The van der Waals surface area contributed by atoms with Gasteiger partial charge in [-0.05, 0) is 67.3 Å². The third kappa shape index (κ3) is 7.05. The summed E-state index contributed by atoms with van der Waals surface area (Å²) in [5.74, 6) is 0.177. The Kier molecular flexibility index (Phi) is 8.43. The van der Waals surface area contributed by atoms with Crippen LogP contribution in [-0.2, 0) is 17.9 Å². The third-order valence-corrected chi connectivity index (χ3v) is 5.96. The molecule has 0 bridgehead atoms. The van der Waals surface area contributed by atoms with E-state index in [-0.39, 0.29) is 30.3 Å². The fourth-order valence-corrected chi connectivity index (χ4v) is 3.96. The highest BCUT2D eigenvalue weighted by Gasteiger charge is 2.24. The zero-order chi connectivity index (χ0) is 23.8. The number of halogens is 1. The molecular weight excluding hydrogens is 441 g/mol. The zero-order valence-electron chi connectivity index (χ0n) is 19.0. The molecule has 0 saturated carbocycles. The molecule has 0 aliphatic carbocycles. The van der Waals surface area contributed by atoms with Crippen molar-refractivity contribution >= 4 is 29.0 Å². The van der Waals surface area contributed by atoms with Gasteiger partial charge in [0.15, 0.2) is 0 Å². The number of ether oxygens (including phenoxy) is 1. The van der Waals surface area contributed by atoms with Crippen molar-refractivity contribution in [2.24, 2.45) is 0 Å². The van der Waals surface area contributed by atoms with Crippen molar-refractivity contribution in [1.29, 1.82) is 0 Å². The van der Waals surface area contributed by atoms with E-state index in [2.05, 4.69) is 5.32 Å². The predicted molar refractivity (Wildman–Crippen MR) is 129 cm³/mol. The van der Waals surface area contributed by atoms with Gasteiger partial charge >= 0.3 is 6.03 Å². The summed E-state index contributed by atoms with van der Waals surface area (Å²) in [6.07, 6.45) is 0. The Bertz CT molecular complexity index is 1040. The van der Waals surface area contributed by atoms with Crippen LogP contribution in [0.15, 0.2) is 66.0 Å². The number of nitrogens with one attached hydrogen (secondary N) is 1. The molecule has 6 nitrogen and oxygen atoms in total. The summed E-state index contributed by atoms with van der Waals surface area (Å²) in [5.41, 5.74) is 1.43. The summed E-state index contributed by atoms with van der Waals surface area (Å²) in [5, 5.41) is 4.80. The van der Waals surface area contributed by atoms with Crippen molar-refractivity contribution in [3.63, 3.8) is 0 Å². The van der Waals surface area contributed by atoms with Crippen LogP contribution in [0.3, 0.4) is 0 Å². The van der Waals surface area contributed by atoms with Crippen LogP contribution in [0.25, 0.3) is 0 Å². The van der Waals surface area contributed by atoms with Gasteiger partial charge in [-0.3, -0.25) is 4.79 Å². The lowest BCUT2D eigenvalue weighted by molar-refractivity contribution is -0.133. The first-order chi connectivity index (χ1) is 15.9. The van der Waals surface area contributed by atoms with Crippen molar-refractivity contribution in [1.82, 2.24) is 9.80 Å². The molecule has 0 spiro atoms. The molecule has 0 aliphatic heterocycles. The molecule has 2 aromatic carbocycles. The highest BCUT2D eigenvalue weighted by atomic mass is 32.1. The zero-order valence-corrected chi connectivity index (χ0v) is 19.8. The monoisotopic (exact) mass is 469 g/mol. The first-order valence-corrected chi connectivity index (χ1v) is 11.5. The van der Waals surface area contributed by atoms with E-state index in [0.717, 1.165) is 10.4 Å². The molecule has 1 aromatic heterocycles. The molecule has 8 heteroatoms. The first-order valence-electron chi connectivity index (χ1n) is 10.6. The molecule has 3 aromatic rings. The number of carbonyl (C=O) groups is 2. The van der Waals surface area contributed by atoms with E-state index in [0.29, 0.717) is 24.5 Å². The molecule has 3 rings (SSSR count). The second-order valence-corrected chi connectivity index (χ2v) is 8.87. The minimum atomic E-state index is -0.360. The third-order valence-electron chi connectivity index (χ3n) is 5.10. The Morgan fingerprint density at radius 3 is 2.30 bits per heavy atom. The number of hydrogen-bond acceptors (Lipinski definition) is 4. The minimum Gasteiger partial charge on any atom is -0.497 e. The molecule has 0 atom stereocenters. The van der Waals surface area contributed by atoms with Crippen LogP contribution in [0, 0.1) is 5.82 Å². The van der Waals surface area contributed by atoms with Crippen LogP contribution in [-0.4, -0.2) is 41.4 Å². The van der Waals surface area contributed by atoms with E-state index in [9.17, 15) is 14.0 Å². The van der Waals surface area contributed by atoms with E-state index in [1.54, 1.807) is 59.7 Å². The lowest BCUT2D eigenvalue weighted by atomic mass is 10.2. The van der Waals surface area contributed by atoms with Crippen LogP contribution < -0.4 is 10.1 Å². The highest BCUT2D eigenvalue weighted by molar-refractivity contribution is 7.09. The molecule has 3 amide bonds. The quantitative estimate of drug-likeness (QED) is 0.459. The van der Waals surface area contributed by atoms with E-state index in [4.69, 9.17) is 4.74 Å². The molecule has 0 aliphatic rings. The van der Waals surface area contributed by atoms with Gasteiger partial charge < -0.3 is 19.9 Å². The summed E-state index contributed by atoms with van der Waals surface area (Å²) in [6, 6.07) is 16.4. The number of anilines is 1. The van der Waals surface area contributed by atoms with Gasteiger partial charge in [0.2, 0.25) is 5.91 Å². The lowest BCUT2D eigenvalue weighted by Crippen LogP contribution is -2.47. The molecule has 0 saturated heterocycles. The van der Waals surface area contributed by atoms with E-state index >= 15 is 0 Å². The maximum absolute atomic E-state index is 13.3. The Labute approximate surface area is 197 Å². The average molecular weight is 470 g/mol. The first kappa shape index (κ1) is 24.3. The Balaban J connectivity index is 1.73. The van der Waals surface area contributed by atoms with Gasteiger partial charge in [0.1, 0.15) is 18.1 Å². The van der Waals surface area contributed by atoms with Crippen LogP contribution in [0.2, 0.25) is 0 Å².